The molecule has 4 rings (SSSR count). The minimum Gasteiger partial charge on any atom is -0.481 e. The number of carboxylic acids is 1. The van der Waals surface area contributed by atoms with Crippen LogP contribution in [0.15, 0.2) is 51.4 Å². The summed E-state index contributed by atoms with van der Waals surface area (Å²) in [5.74, 6) is 0.441. The predicted octanol–water partition coefficient (Wildman–Crippen LogP) is 1.94. The average Bonchev–Trinajstić information content (AvgIpc) is 3.49. The van der Waals surface area contributed by atoms with Crippen molar-refractivity contribution >= 4 is 35.0 Å². The number of thioether (sulfide) groups is 1. The Balaban J connectivity index is 1.42. The minimum absolute atomic E-state index is 0.266. The summed E-state index contributed by atoms with van der Waals surface area (Å²) in [5, 5.41) is 22.9. The second-order valence-corrected chi connectivity index (χ2v) is 8.00. The molecule has 0 spiro atoms. The largest absolute Gasteiger partial charge is 0.481 e. The van der Waals surface area contributed by atoms with E-state index < -0.39 is 11.2 Å². The maximum absolute atomic E-state index is 11.7. The highest BCUT2D eigenvalue weighted by atomic mass is 32.2. The summed E-state index contributed by atoms with van der Waals surface area (Å²) in [4.78, 5) is 31.3. The first kappa shape index (κ1) is 21.4. The highest BCUT2D eigenvalue weighted by Gasteiger charge is 2.32. The molecule has 1 aromatic carbocycles. The summed E-state index contributed by atoms with van der Waals surface area (Å²) in [5.41, 5.74) is 1.50. The van der Waals surface area contributed by atoms with Crippen molar-refractivity contribution in [2.45, 2.75) is 31.6 Å². The monoisotopic (exact) mass is 453 g/mol. The van der Waals surface area contributed by atoms with E-state index in [0.29, 0.717) is 18.3 Å². The number of aliphatic carboxylic acids is 1. The molecule has 1 amide bonds. The maximum atomic E-state index is 11.7. The zero-order chi connectivity index (χ0) is 22.5. The smallest absolute Gasteiger partial charge is 0.305 e. The fourth-order valence-corrected chi connectivity index (χ4v) is 3.95. The van der Waals surface area contributed by atoms with Crippen LogP contribution in [0.2, 0.25) is 0 Å². The summed E-state index contributed by atoms with van der Waals surface area (Å²) < 4.78 is 7.34. The van der Waals surface area contributed by atoms with Gasteiger partial charge in [-0.25, -0.2) is 4.98 Å². The van der Waals surface area contributed by atoms with E-state index in [1.165, 1.54) is 6.21 Å². The van der Waals surface area contributed by atoms with Gasteiger partial charge < -0.3 is 19.5 Å². The van der Waals surface area contributed by atoms with Crippen LogP contribution in [0.5, 0.6) is 0 Å². The van der Waals surface area contributed by atoms with Crippen molar-refractivity contribution in [1.29, 1.82) is 0 Å². The van der Waals surface area contributed by atoms with Crippen molar-refractivity contribution in [2.75, 3.05) is 0 Å². The Hall–Kier alpha value is -3.80. The number of imidazole rings is 1. The molecule has 1 unspecified atom stereocenters. The molecule has 32 heavy (non-hydrogen) atoms. The van der Waals surface area contributed by atoms with E-state index in [1.807, 2.05) is 42.0 Å². The van der Waals surface area contributed by atoms with E-state index in [1.54, 1.807) is 6.20 Å². The van der Waals surface area contributed by atoms with Crippen LogP contribution >= 0.6 is 11.8 Å². The van der Waals surface area contributed by atoms with Crippen molar-refractivity contribution in [2.24, 2.45) is 10.2 Å². The van der Waals surface area contributed by atoms with Gasteiger partial charge in [-0.3, -0.25) is 9.59 Å². The summed E-state index contributed by atoms with van der Waals surface area (Å²) in [6, 6.07) is 7.36. The van der Waals surface area contributed by atoms with Crippen molar-refractivity contribution in [1.82, 2.24) is 25.0 Å². The van der Waals surface area contributed by atoms with Gasteiger partial charge in [-0.15, -0.1) is 5.10 Å². The lowest BCUT2D eigenvalue weighted by atomic mass is 10.1. The average molecular weight is 453 g/mol. The Labute approximate surface area is 186 Å². The number of hydrogen-bond donors (Lipinski definition) is 2. The van der Waals surface area contributed by atoms with Gasteiger partial charge in [-0.2, -0.15) is 10.1 Å². The molecule has 0 saturated carbocycles. The van der Waals surface area contributed by atoms with Gasteiger partial charge in [-0.05, 0) is 11.6 Å². The molecule has 1 aliphatic heterocycles. The van der Waals surface area contributed by atoms with Gasteiger partial charge in [0.05, 0.1) is 12.6 Å². The van der Waals surface area contributed by atoms with Crippen LogP contribution in [-0.4, -0.2) is 53.3 Å². The predicted molar refractivity (Wildman–Crippen MR) is 117 cm³/mol. The molecule has 0 radical (unpaired) electrons. The van der Waals surface area contributed by atoms with Crippen molar-refractivity contribution in [3.8, 4) is 11.4 Å². The number of aromatic nitrogens is 4. The number of benzene rings is 1. The number of carbonyl (C=O) groups is 2. The molecule has 164 valence electrons. The molecule has 2 N–H and O–H groups in total. The Kier molecular flexibility index (Phi) is 6.40. The molecule has 1 atom stereocenters. The van der Waals surface area contributed by atoms with Gasteiger partial charge >= 0.3 is 5.97 Å². The number of carboxylic acid groups (broad SMARTS) is 1. The third-order valence-electron chi connectivity index (χ3n) is 4.53. The van der Waals surface area contributed by atoms with E-state index in [9.17, 15) is 9.59 Å². The molecular formula is C20H19N7O4S. The number of amides is 1. The fourth-order valence-electron chi connectivity index (χ4n) is 3.03. The molecule has 1 aliphatic rings. The van der Waals surface area contributed by atoms with Gasteiger partial charge in [0.2, 0.25) is 17.6 Å². The first-order valence-corrected chi connectivity index (χ1v) is 10.6. The lowest BCUT2D eigenvalue weighted by Gasteiger charge is -2.01. The number of amidine groups is 1. The molecule has 2 aromatic heterocycles. The molecule has 0 aliphatic carbocycles. The third kappa shape index (κ3) is 5.09. The molecule has 0 bridgehead atoms. The molecule has 3 heterocycles. The van der Waals surface area contributed by atoms with Gasteiger partial charge in [-0.1, -0.05) is 42.0 Å². The van der Waals surface area contributed by atoms with E-state index in [4.69, 9.17) is 9.63 Å². The van der Waals surface area contributed by atoms with Crippen LogP contribution in [-0.2, 0) is 22.6 Å². The summed E-state index contributed by atoms with van der Waals surface area (Å²) in [7, 11) is 0. The topological polar surface area (TPSA) is 148 Å². The van der Waals surface area contributed by atoms with Crippen LogP contribution in [0.4, 0.5) is 0 Å². The Bertz CT molecular complexity index is 1200. The van der Waals surface area contributed by atoms with Gasteiger partial charge in [0, 0.05) is 24.4 Å². The lowest BCUT2D eigenvalue weighted by molar-refractivity contribution is -0.138. The Morgan fingerprint density at radius 1 is 1.44 bits per heavy atom. The highest BCUT2D eigenvalue weighted by Crippen LogP contribution is 2.22. The van der Waals surface area contributed by atoms with Crippen molar-refractivity contribution in [3.05, 3.63) is 53.9 Å². The standard InChI is InChI=1S/C20H19N7O4S/c1-2-15-21-6-7-27(15)11-16-23-18(26-31-16)13-5-3-4-12(8-13)10-22-25-20-24-19(30)14(32-20)9-17(28)29/h3-8,10,14H,2,9,11H2,1H3,(H,28,29)(H,24,25,30). The van der Waals surface area contributed by atoms with E-state index in [-0.39, 0.29) is 17.5 Å². The number of carbonyl (C=O) groups excluding carboxylic acids is 1. The third-order valence-corrected chi connectivity index (χ3v) is 5.60. The molecule has 12 heteroatoms. The summed E-state index contributed by atoms with van der Waals surface area (Å²) >= 11 is 1.04. The van der Waals surface area contributed by atoms with Crippen LogP contribution in [0, 0.1) is 0 Å². The SMILES string of the molecule is CCc1nccn1Cc1nc(-c2cccc(C=NN=C3NC(=O)C(CC(=O)O)S3)c2)no1. The zero-order valence-corrected chi connectivity index (χ0v) is 17.8. The highest BCUT2D eigenvalue weighted by molar-refractivity contribution is 8.15. The zero-order valence-electron chi connectivity index (χ0n) is 17.0. The number of rotatable bonds is 8. The minimum atomic E-state index is -1.04. The van der Waals surface area contributed by atoms with Gasteiger partial charge in [0.25, 0.3) is 0 Å². The Morgan fingerprint density at radius 3 is 3.12 bits per heavy atom. The number of nitrogens with zero attached hydrogens (tertiary/aromatic N) is 6. The lowest BCUT2D eigenvalue weighted by Crippen LogP contribution is -2.26. The molecule has 3 aromatic rings. The fraction of sp³-hybridized carbons (Fsp3) is 0.250. The van der Waals surface area contributed by atoms with Gasteiger partial charge in [0.1, 0.15) is 17.6 Å². The van der Waals surface area contributed by atoms with Crippen LogP contribution in [0.1, 0.15) is 30.6 Å². The molecule has 1 saturated heterocycles. The van der Waals surface area contributed by atoms with Crippen LogP contribution in [0.25, 0.3) is 11.4 Å². The van der Waals surface area contributed by atoms with E-state index in [2.05, 4.69) is 30.6 Å². The van der Waals surface area contributed by atoms with Crippen molar-refractivity contribution in [3.63, 3.8) is 0 Å². The Morgan fingerprint density at radius 2 is 2.31 bits per heavy atom. The van der Waals surface area contributed by atoms with E-state index in [0.717, 1.165) is 35.1 Å². The molecule has 11 nitrogen and oxygen atoms in total. The molecule has 1 fully saturated rings. The second-order valence-electron chi connectivity index (χ2n) is 6.81. The molecular weight excluding hydrogens is 434 g/mol. The number of hydrogen-bond acceptors (Lipinski definition) is 9. The number of nitrogens with one attached hydrogen (secondary N) is 1. The maximum Gasteiger partial charge on any atom is 0.305 e. The summed E-state index contributed by atoms with van der Waals surface area (Å²) in [6.45, 7) is 2.48. The normalized spacial score (nSPS) is 17.3. The first-order valence-electron chi connectivity index (χ1n) is 9.75. The number of aryl methyl sites for hydroxylation is 1. The quantitative estimate of drug-likeness (QED) is 0.388. The van der Waals surface area contributed by atoms with Crippen LogP contribution in [0.3, 0.4) is 0 Å². The first-order chi connectivity index (χ1) is 15.5. The second kappa shape index (κ2) is 9.56. The van der Waals surface area contributed by atoms with Crippen molar-refractivity contribution < 1.29 is 19.2 Å². The van der Waals surface area contributed by atoms with Crippen LogP contribution < -0.4 is 5.32 Å². The summed E-state index contributed by atoms with van der Waals surface area (Å²) in [6.07, 6.45) is 5.67. The van der Waals surface area contributed by atoms with Gasteiger partial charge in [0.15, 0.2) is 5.17 Å². The van der Waals surface area contributed by atoms with E-state index >= 15 is 0 Å².